The van der Waals surface area contributed by atoms with E-state index in [0.29, 0.717) is 0 Å². The van der Waals surface area contributed by atoms with Crippen LogP contribution in [0, 0.1) is 0 Å². The van der Waals surface area contributed by atoms with E-state index in [4.69, 9.17) is 0 Å². The zero-order chi connectivity index (χ0) is 40.5. The zero-order valence-corrected chi connectivity index (χ0v) is 35.1. The Bertz CT molecular complexity index is 3780. The second kappa shape index (κ2) is 13.1. The van der Waals surface area contributed by atoms with Gasteiger partial charge in [0, 0.05) is 40.3 Å². The third-order valence-corrected chi connectivity index (χ3v) is 15.9. The quantitative estimate of drug-likeness (QED) is 0.152. The van der Waals surface area contributed by atoms with Crippen LogP contribution in [0.3, 0.4) is 0 Å². The number of thiophene rings is 2. The van der Waals surface area contributed by atoms with Crippen LogP contribution in [-0.2, 0) is 0 Å². The molecule has 2 aromatic heterocycles. The van der Waals surface area contributed by atoms with Gasteiger partial charge in [-0.15, -0.1) is 22.7 Å². The average Bonchev–Trinajstić information content (AvgIpc) is 3.92. The summed E-state index contributed by atoms with van der Waals surface area (Å²) in [7, 11) is 0. The fourth-order valence-corrected chi connectivity index (χ4v) is 13.1. The molecule has 11 aromatic carbocycles. The van der Waals surface area contributed by atoms with Gasteiger partial charge in [0.1, 0.15) is 0 Å². The van der Waals surface area contributed by atoms with Gasteiger partial charge in [0.05, 0.1) is 0 Å². The summed E-state index contributed by atoms with van der Waals surface area (Å²) >= 11 is 3.80. The number of benzene rings is 11. The highest BCUT2D eigenvalue weighted by molar-refractivity contribution is 7.26. The number of rotatable bonds is 2. The van der Waals surface area contributed by atoms with Crippen LogP contribution in [0.1, 0.15) is 0 Å². The van der Waals surface area contributed by atoms with Crippen LogP contribution in [0.4, 0.5) is 0 Å². The molecule has 0 nitrogen and oxygen atoms in total. The third kappa shape index (κ3) is 4.88. The van der Waals surface area contributed by atoms with E-state index in [-0.39, 0.29) is 0 Å². The van der Waals surface area contributed by atoms with Crippen molar-refractivity contribution in [3.05, 3.63) is 206 Å². The highest BCUT2D eigenvalue weighted by atomic mass is 32.1. The normalized spacial score (nSPS) is 12.2. The summed E-state index contributed by atoms with van der Waals surface area (Å²) in [5, 5.41) is 13.0. The minimum absolute atomic E-state index is 1.23. The molecule has 0 radical (unpaired) electrons. The lowest BCUT2D eigenvalue weighted by Gasteiger charge is -2.25. The van der Waals surface area contributed by atoms with Gasteiger partial charge in [-0.2, -0.15) is 0 Å². The average molecular weight is 819 g/mol. The van der Waals surface area contributed by atoms with E-state index in [0.717, 1.165) is 0 Å². The maximum Gasteiger partial charge on any atom is 0.0433 e. The fourth-order valence-electron chi connectivity index (χ4n) is 10.6. The van der Waals surface area contributed by atoms with Crippen molar-refractivity contribution in [2.75, 3.05) is 0 Å². The predicted molar refractivity (Wildman–Crippen MR) is 271 cm³/mol. The summed E-state index contributed by atoms with van der Waals surface area (Å²) in [5.41, 5.74) is 15.1. The van der Waals surface area contributed by atoms with Crippen LogP contribution in [0.5, 0.6) is 0 Å². The Morgan fingerprint density at radius 3 is 0.968 bits per heavy atom. The number of hydrogen-bond donors (Lipinski definition) is 0. The number of hydrogen-bond acceptors (Lipinski definition) is 2. The molecule has 1 aliphatic carbocycles. The maximum absolute atomic E-state index is 2.53. The molecule has 2 heteroatoms. The largest absolute Gasteiger partial charge is 0.135 e. The molecule has 0 amide bonds. The monoisotopic (exact) mass is 818 g/mol. The van der Waals surface area contributed by atoms with Crippen molar-refractivity contribution in [1.82, 2.24) is 0 Å². The highest BCUT2D eigenvalue weighted by Crippen LogP contribution is 2.53. The molecule has 13 aromatic rings. The first kappa shape index (κ1) is 34.4. The lowest BCUT2D eigenvalue weighted by Crippen LogP contribution is -1.99. The van der Waals surface area contributed by atoms with E-state index in [1.807, 2.05) is 22.7 Å². The highest BCUT2D eigenvalue weighted by Gasteiger charge is 2.25. The van der Waals surface area contributed by atoms with Crippen molar-refractivity contribution in [3.63, 3.8) is 0 Å². The maximum atomic E-state index is 2.53. The van der Waals surface area contributed by atoms with Gasteiger partial charge in [-0.3, -0.25) is 0 Å². The summed E-state index contributed by atoms with van der Waals surface area (Å²) in [5.74, 6) is 0. The van der Waals surface area contributed by atoms with Crippen LogP contribution in [-0.4, -0.2) is 0 Å². The number of fused-ring (bicyclic) bond motifs is 20. The first-order valence-electron chi connectivity index (χ1n) is 21.3. The molecule has 0 unspecified atom stereocenters. The molecular formula is C60H34S2. The summed E-state index contributed by atoms with van der Waals surface area (Å²) in [6.07, 6.45) is 0. The SMILES string of the molecule is c1ccc2c(c1)-c1ccc(-c3cccc4c3sc3ccccc34)cc1-c1cc3c4ccccc4c4ccccc4c3cc1-c1cc(-c3cccc4c3sc3ccccc34)ccc1-2. The van der Waals surface area contributed by atoms with Crippen molar-refractivity contribution in [2.45, 2.75) is 0 Å². The Kier molecular flexibility index (Phi) is 7.24. The lowest BCUT2D eigenvalue weighted by atomic mass is 9.78. The van der Waals surface area contributed by atoms with Crippen LogP contribution in [0.25, 0.3) is 139 Å². The van der Waals surface area contributed by atoms with Gasteiger partial charge in [-0.1, -0.05) is 170 Å². The van der Waals surface area contributed by atoms with E-state index < -0.39 is 0 Å². The Morgan fingerprint density at radius 1 is 0.194 bits per heavy atom. The Labute approximate surface area is 366 Å². The van der Waals surface area contributed by atoms with Crippen LogP contribution in [0.15, 0.2) is 206 Å². The predicted octanol–water partition coefficient (Wildman–Crippen LogP) is 18.2. The smallest absolute Gasteiger partial charge is 0.0433 e. The summed E-state index contributed by atoms with van der Waals surface area (Å²) in [6.45, 7) is 0. The van der Waals surface area contributed by atoms with E-state index in [2.05, 4.69) is 206 Å². The van der Waals surface area contributed by atoms with E-state index >= 15 is 0 Å². The van der Waals surface area contributed by atoms with Gasteiger partial charge in [0.25, 0.3) is 0 Å². The molecular weight excluding hydrogens is 785 g/mol. The van der Waals surface area contributed by atoms with Crippen LogP contribution < -0.4 is 0 Å². The molecule has 14 rings (SSSR count). The van der Waals surface area contributed by atoms with Gasteiger partial charge in [0.15, 0.2) is 0 Å². The van der Waals surface area contributed by atoms with Crippen molar-refractivity contribution >= 4 is 95.3 Å². The first-order chi connectivity index (χ1) is 30.7. The van der Waals surface area contributed by atoms with E-state index in [9.17, 15) is 0 Å². The Morgan fingerprint density at radius 2 is 0.516 bits per heavy atom. The summed E-state index contributed by atoms with van der Waals surface area (Å²) in [6, 6.07) is 77.8. The molecule has 0 aliphatic heterocycles. The molecule has 0 saturated carbocycles. The van der Waals surface area contributed by atoms with Gasteiger partial charge in [0.2, 0.25) is 0 Å². The first-order valence-corrected chi connectivity index (χ1v) is 23.0. The van der Waals surface area contributed by atoms with Gasteiger partial charge in [-0.05, 0) is 135 Å². The van der Waals surface area contributed by atoms with Crippen LogP contribution in [0.2, 0.25) is 0 Å². The second-order valence-electron chi connectivity index (χ2n) is 16.7. The van der Waals surface area contributed by atoms with Crippen molar-refractivity contribution in [2.24, 2.45) is 0 Å². The molecule has 0 fully saturated rings. The molecule has 1 aliphatic rings. The summed E-state index contributed by atoms with van der Waals surface area (Å²) < 4.78 is 5.32. The zero-order valence-electron chi connectivity index (χ0n) is 33.4. The van der Waals surface area contributed by atoms with Gasteiger partial charge in [-0.25, -0.2) is 0 Å². The second-order valence-corrected chi connectivity index (χ2v) is 18.8. The molecule has 0 N–H and O–H groups in total. The van der Waals surface area contributed by atoms with Gasteiger partial charge < -0.3 is 0 Å². The fraction of sp³-hybridized carbons (Fsp3) is 0. The molecule has 0 atom stereocenters. The van der Waals surface area contributed by atoms with E-state index in [1.54, 1.807) is 0 Å². The van der Waals surface area contributed by atoms with Crippen molar-refractivity contribution in [1.29, 1.82) is 0 Å². The lowest BCUT2D eigenvalue weighted by molar-refractivity contribution is 1.53. The molecule has 2 heterocycles. The molecule has 62 heavy (non-hydrogen) atoms. The Balaban J connectivity index is 1.12. The van der Waals surface area contributed by atoms with Gasteiger partial charge >= 0.3 is 0 Å². The molecule has 0 spiro atoms. The summed E-state index contributed by atoms with van der Waals surface area (Å²) in [4.78, 5) is 0. The van der Waals surface area contributed by atoms with Crippen LogP contribution >= 0.6 is 22.7 Å². The van der Waals surface area contributed by atoms with Crippen molar-refractivity contribution in [3.8, 4) is 66.8 Å². The van der Waals surface area contributed by atoms with Crippen molar-refractivity contribution < 1.29 is 0 Å². The van der Waals surface area contributed by atoms with E-state index in [1.165, 1.54) is 139 Å². The molecule has 0 bridgehead atoms. The molecule has 0 saturated heterocycles. The standard InChI is InChI=1S/C60H34S2/c1-2-16-42-41(15-1)45-29-27-35(37-21-11-23-49-47-19-7-9-25-57(47)61-59(37)49)31-51(45)55-33-53-43-17-5-3-13-39(43)40-14-4-6-18-44(40)54(53)34-56(55)52-32-36(28-30-46(42)52)38-22-12-24-50-48-20-8-10-26-58(48)62-60(38)50/h1-34H. The Hall–Kier alpha value is -7.36. The topological polar surface area (TPSA) is 0 Å². The minimum atomic E-state index is 1.23. The minimum Gasteiger partial charge on any atom is -0.135 e. The third-order valence-electron chi connectivity index (χ3n) is 13.4. The molecule has 286 valence electrons.